The highest BCUT2D eigenvalue weighted by molar-refractivity contribution is 7.11. The van der Waals surface area contributed by atoms with Gasteiger partial charge in [-0.2, -0.15) is 0 Å². The maximum atomic E-state index is 5.63. The number of thiophene rings is 1. The normalized spacial score (nSPS) is 10.0. The van der Waals surface area contributed by atoms with Crippen LogP contribution >= 0.6 is 11.3 Å². The third-order valence-electron chi connectivity index (χ3n) is 2.10. The first-order valence-corrected chi connectivity index (χ1v) is 5.25. The largest absolute Gasteiger partial charge is 0.399 e. The highest BCUT2D eigenvalue weighted by Gasteiger charge is 2.02. The van der Waals surface area contributed by atoms with Gasteiger partial charge in [-0.05, 0) is 34.7 Å². The minimum Gasteiger partial charge on any atom is -0.399 e. The number of nitrogens with two attached hydrogens (primary N) is 1. The Bertz CT molecular complexity index is 440. The zero-order valence-corrected chi connectivity index (χ0v) is 8.55. The predicted molar refractivity (Wildman–Crippen MR) is 64.3 cm³/mol. The van der Waals surface area contributed by atoms with Gasteiger partial charge >= 0.3 is 0 Å². The van der Waals surface area contributed by atoms with E-state index >= 15 is 0 Å². The van der Waals surface area contributed by atoms with Gasteiger partial charge in [0, 0.05) is 10.6 Å². The Morgan fingerprint density at radius 2 is 1.86 bits per heavy atom. The van der Waals surface area contributed by atoms with Gasteiger partial charge in [0.05, 0.1) is 0 Å². The molecule has 0 aliphatic heterocycles. The maximum Gasteiger partial charge on any atom is 0.0342 e. The SMILES string of the molecule is C=Cc1sccc1-c1ccc(N)cc1. The molecule has 0 radical (unpaired) electrons. The zero-order valence-electron chi connectivity index (χ0n) is 7.73. The third kappa shape index (κ3) is 1.56. The minimum atomic E-state index is 0.795. The van der Waals surface area contributed by atoms with Gasteiger partial charge in [-0.3, -0.25) is 0 Å². The molecule has 2 heteroatoms. The number of benzene rings is 1. The van der Waals surface area contributed by atoms with Crippen molar-refractivity contribution in [2.24, 2.45) is 0 Å². The summed E-state index contributed by atoms with van der Waals surface area (Å²) in [7, 11) is 0. The Labute approximate surface area is 87.5 Å². The lowest BCUT2D eigenvalue weighted by atomic mass is 10.1. The Morgan fingerprint density at radius 1 is 1.14 bits per heavy atom. The molecule has 0 amide bonds. The molecule has 0 aliphatic rings. The first-order chi connectivity index (χ1) is 6.81. The van der Waals surface area contributed by atoms with Crippen LogP contribution in [0.2, 0.25) is 0 Å². The summed E-state index contributed by atoms with van der Waals surface area (Å²) in [5, 5.41) is 2.07. The van der Waals surface area contributed by atoms with E-state index in [4.69, 9.17) is 5.73 Å². The highest BCUT2D eigenvalue weighted by atomic mass is 32.1. The summed E-state index contributed by atoms with van der Waals surface area (Å²) in [5.74, 6) is 0. The monoisotopic (exact) mass is 201 g/mol. The quantitative estimate of drug-likeness (QED) is 0.737. The van der Waals surface area contributed by atoms with Gasteiger partial charge in [0.1, 0.15) is 0 Å². The van der Waals surface area contributed by atoms with E-state index in [1.807, 2.05) is 30.3 Å². The van der Waals surface area contributed by atoms with Crippen molar-refractivity contribution in [2.45, 2.75) is 0 Å². The van der Waals surface area contributed by atoms with Crippen molar-refractivity contribution in [3.63, 3.8) is 0 Å². The van der Waals surface area contributed by atoms with Crippen molar-refractivity contribution >= 4 is 23.1 Å². The van der Waals surface area contributed by atoms with Crippen LogP contribution < -0.4 is 5.73 Å². The molecule has 0 aliphatic carbocycles. The summed E-state index contributed by atoms with van der Waals surface area (Å²) >= 11 is 1.70. The molecule has 2 aromatic rings. The molecule has 14 heavy (non-hydrogen) atoms. The Balaban J connectivity index is 2.49. The molecule has 1 aromatic heterocycles. The second kappa shape index (κ2) is 3.68. The van der Waals surface area contributed by atoms with E-state index in [-0.39, 0.29) is 0 Å². The molecule has 0 bridgehead atoms. The van der Waals surface area contributed by atoms with Gasteiger partial charge in [0.15, 0.2) is 0 Å². The molecule has 0 saturated heterocycles. The molecule has 1 heterocycles. The van der Waals surface area contributed by atoms with Crippen LogP contribution in [0.15, 0.2) is 42.3 Å². The van der Waals surface area contributed by atoms with Gasteiger partial charge in [-0.25, -0.2) is 0 Å². The molecular formula is C12H11NS. The average molecular weight is 201 g/mol. The van der Waals surface area contributed by atoms with E-state index in [0.29, 0.717) is 0 Å². The molecule has 0 atom stereocenters. The first kappa shape index (κ1) is 9.03. The second-order valence-electron chi connectivity index (χ2n) is 3.02. The average Bonchev–Trinajstić information content (AvgIpc) is 2.67. The summed E-state index contributed by atoms with van der Waals surface area (Å²) in [6.07, 6.45) is 1.89. The van der Waals surface area contributed by atoms with E-state index in [1.54, 1.807) is 11.3 Å². The molecule has 0 fully saturated rings. The molecule has 2 rings (SSSR count). The number of hydrogen-bond donors (Lipinski definition) is 1. The molecule has 0 saturated carbocycles. The van der Waals surface area contributed by atoms with Crippen molar-refractivity contribution < 1.29 is 0 Å². The molecule has 0 spiro atoms. The first-order valence-electron chi connectivity index (χ1n) is 4.37. The minimum absolute atomic E-state index is 0.795. The van der Waals surface area contributed by atoms with Crippen molar-refractivity contribution in [1.82, 2.24) is 0 Å². The second-order valence-corrected chi connectivity index (χ2v) is 3.97. The van der Waals surface area contributed by atoms with Crippen LogP contribution in [0.25, 0.3) is 17.2 Å². The van der Waals surface area contributed by atoms with E-state index in [2.05, 4.69) is 18.0 Å². The fraction of sp³-hybridized carbons (Fsp3) is 0. The molecule has 0 unspecified atom stereocenters. The lowest BCUT2D eigenvalue weighted by molar-refractivity contribution is 1.65. The van der Waals surface area contributed by atoms with Crippen molar-refractivity contribution in [3.8, 4) is 11.1 Å². The summed E-state index contributed by atoms with van der Waals surface area (Å²) in [6, 6.07) is 10.0. The van der Waals surface area contributed by atoms with E-state index < -0.39 is 0 Å². The van der Waals surface area contributed by atoms with Crippen molar-refractivity contribution in [3.05, 3.63) is 47.2 Å². The zero-order chi connectivity index (χ0) is 9.97. The predicted octanol–water partition coefficient (Wildman–Crippen LogP) is 3.64. The molecule has 70 valence electrons. The van der Waals surface area contributed by atoms with Gasteiger partial charge in [0.2, 0.25) is 0 Å². The fourth-order valence-corrected chi connectivity index (χ4v) is 2.14. The number of rotatable bonds is 2. The van der Waals surface area contributed by atoms with Gasteiger partial charge in [-0.15, -0.1) is 11.3 Å². The highest BCUT2D eigenvalue weighted by Crippen LogP contribution is 2.29. The lowest BCUT2D eigenvalue weighted by Gasteiger charge is -2.00. The van der Waals surface area contributed by atoms with E-state index in [1.165, 1.54) is 16.0 Å². The summed E-state index contributed by atoms with van der Waals surface area (Å²) in [6.45, 7) is 3.79. The smallest absolute Gasteiger partial charge is 0.0342 e. The van der Waals surface area contributed by atoms with Gasteiger partial charge in [-0.1, -0.05) is 24.8 Å². The summed E-state index contributed by atoms with van der Waals surface area (Å²) < 4.78 is 0. The number of anilines is 1. The van der Waals surface area contributed by atoms with Gasteiger partial charge < -0.3 is 5.73 Å². The Kier molecular flexibility index (Phi) is 2.37. The number of nitrogen functional groups attached to an aromatic ring is 1. The van der Waals surface area contributed by atoms with Crippen LogP contribution in [-0.2, 0) is 0 Å². The molecular weight excluding hydrogens is 190 g/mol. The fourth-order valence-electron chi connectivity index (χ4n) is 1.38. The topological polar surface area (TPSA) is 26.0 Å². The van der Waals surface area contributed by atoms with Crippen LogP contribution in [0.3, 0.4) is 0 Å². The number of hydrogen-bond acceptors (Lipinski definition) is 2. The Morgan fingerprint density at radius 3 is 2.50 bits per heavy atom. The summed E-state index contributed by atoms with van der Waals surface area (Å²) in [4.78, 5) is 1.20. The van der Waals surface area contributed by atoms with Crippen LogP contribution in [0.5, 0.6) is 0 Å². The molecule has 2 N–H and O–H groups in total. The Hall–Kier alpha value is -1.54. The van der Waals surface area contributed by atoms with Crippen LogP contribution in [0.1, 0.15) is 4.88 Å². The van der Waals surface area contributed by atoms with Gasteiger partial charge in [0.25, 0.3) is 0 Å². The molecule has 1 nitrogen and oxygen atoms in total. The van der Waals surface area contributed by atoms with Crippen LogP contribution in [-0.4, -0.2) is 0 Å². The molecule has 1 aromatic carbocycles. The maximum absolute atomic E-state index is 5.63. The van der Waals surface area contributed by atoms with E-state index in [0.717, 1.165) is 5.69 Å². The standard InChI is InChI=1S/C12H11NS/c1-2-12-11(7-8-14-12)9-3-5-10(13)6-4-9/h2-8H,1,13H2. The van der Waals surface area contributed by atoms with Crippen LogP contribution in [0, 0.1) is 0 Å². The van der Waals surface area contributed by atoms with Crippen molar-refractivity contribution in [1.29, 1.82) is 0 Å². The third-order valence-corrected chi connectivity index (χ3v) is 3.01. The lowest BCUT2D eigenvalue weighted by Crippen LogP contribution is -1.83. The van der Waals surface area contributed by atoms with E-state index in [9.17, 15) is 0 Å². The van der Waals surface area contributed by atoms with Crippen molar-refractivity contribution in [2.75, 3.05) is 5.73 Å². The van der Waals surface area contributed by atoms with Crippen LogP contribution in [0.4, 0.5) is 5.69 Å². The summed E-state index contributed by atoms with van der Waals surface area (Å²) in [5.41, 5.74) is 8.85.